The van der Waals surface area contributed by atoms with Gasteiger partial charge in [0.05, 0.1) is 6.54 Å². The first-order chi connectivity index (χ1) is 7.63. The van der Waals surface area contributed by atoms with E-state index < -0.39 is 28.3 Å². The zero-order valence-corrected chi connectivity index (χ0v) is 11.1. The van der Waals surface area contributed by atoms with Gasteiger partial charge in [0.15, 0.2) is 5.60 Å². The van der Waals surface area contributed by atoms with Gasteiger partial charge in [-0.3, -0.25) is 0 Å². The first-order valence-electron chi connectivity index (χ1n) is 5.30. The highest BCUT2D eigenvalue weighted by Gasteiger charge is 2.32. The second kappa shape index (κ2) is 6.29. The van der Waals surface area contributed by atoms with E-state index in [1.54, 1.807) is 0 Å². The van der Waals surface area contributed by atoms with E-state index in [1.807, 2.05) is 6.92 Å². The summed E-state index contributed by atoms with van der Waals surface area (Å²) < 4.78 is 26.4. The number of unbranched alkanes of at least 4 members (excludes halogenated alkanes) is 1. The van der Waals surface area contributed by atoms with Gasteiger partial charge in [0.1, 0.15) is 0 Å². The lowest BCUT2D eigenvalue weighted by atomic mass is 10.1. The number of hydrogen-bond donors (Lipinski definition) is 3. The lowest BCUT2D eigenvalue weighted by Crippen LogP contribution is -2.49. The molecule has 0 bridgehead atoms. The van der Waals surface area contributed by atoms with E-state index >= 15 is 0 Å². The fraction of sp³-hybridized carbons (Fsp3) is 0.889. The fourth-order valence-corrected chi connectivity index (χ4v) is 1.97. The SMILES string of the molecule is CCCCN(C)S(=O)(=O)NCC(C)(O)C(=O)O. The zero-order valence-electron chi connectivity index (χ0n) is 10.3. The lowest BCUT2D eigenvalue weighted by Gasteiger charge is -2.22. The van der Waals surface area contributed by atoms with Crippen LogP contribution in [0.25, 0.3) is 0 Å². The van der Waals surface area contributed by atoms with Crippen LogP contribution in [-0.2, 0) is 15.0 Å². The summed E-state index contributed by atoms with van der Waals surface area (Å²) in [6.07, 6.45) is 1.57. The molecule has 0 amide bonds. The number of carboxylic acids is 1. The average molecular weight is 268 g/mol. The minimum absolute atomic E-state index is 0.348. The van der Waals surface area contributed by atoms with Crippen molar-refractivity contribution in [3.05, 3.63) is 0 Å². The fourth-order valence-electron chi connectivity index (χ4n) is 0.918. The highest BCUT2D eigenvalue weighted by molar-refractivity contribution is 7.87. The molecule has 0 radical (unpaired) electrons. The molecule has 0 fully saturated rings. The highest BCUT2D eigenvalue weighted by atomic mass is 32.2. The molecule has 0 heterocycles. The summed E-state index contributed by atoms with van der Waals surface area (Å²) in [6.45, 7) is 2.75. The largest absolute Gasteiger partial charge is 0.479 e. The molecule has 0 saturated carbocycles. The molecular formula is C9H20N2O5S. The van der Waals surface area contributed by atoms with E-state index in [-0.39, 0.29) is 0 Å². The predicted molar refractivity (Wildman–Crippen MR) is 62.7 cm³/mol. The molecule has 0 rings (SSSR count). The van der Waals surface area contributed by atoms with Gasteiger partial charge in [-0.1, -0.05) is 13.3 Å². The van der Waals surface area contributed by atoms with Crippen molar-refractivity contribution in [2.45, 2.75) is 32.3 Å². The molecule has 0 aliphatic carbocycles. The molecular weight excluding hydrogens is 248 g/mol. The summed E-state index contributed by atoms with van der Waals surface area (Å²) in [5.41, 5.74) is -2.11. The predicted octanol–water partition coefficient (Wildman–Crippen LogP) is -0.612. The van der Waals surface area contributed by atoms with Crippen LogP contribution in [0.2, 0.25) is 0 Å². The Labute approximate surface area is 102 Å². The Balaban J connectivity index is 4.42. The Kier molecular flexibility index (Phi) is 6.03. The van der Waals surface area contributed by atoms with Gasteiger partial charge >= 0.3 is 5.97 Å². The van der Waals surface area contributed by atoms with Crippen LogP contribution in [-0.4, -0.2) is 54.6 Å². The number of nitrogens with one attached hydrogen (secondary N) is 1. The van der Waals surface area contributed by atoms with Gasteiger partial charge < -0.3 is 10.2 Å². The van der Waals surface area contributed by atoms with Crippen LogP contribution in [0.1, 0.15) is 26.7 Å². The van der Waals surface area contributed by atoms with Crippen molar-refractivity contribution in [2.24, 2.45) is 0 Å². The Morgan fingerprint density at radius 3 is 2.41 bits per heavy atom. The van der Waals surface area contributed by atoms with Crippen molar-refractivity contribution >= 4 is 16.2 Å². The van der Waals surface area contributed by atoms with Gasteiger partial charge in [-0.15, -0.1) is 0 Å². The monoisotopic (exact) mass is 268 g/mol. The quantitative estimate of drug-likeness (QED) is 0.544. The number of aliphatic hydroxyl groups is 1. The first-order valence-corrected chi connectivity index (χ1v) is 6.74. The van der Waals surface area contributed by atoms with Crippen molar-refractivity contribution in [1.82, 2.24) is 9.03 Å². The number of aliphatic carboxylic acids is 1. The summed E-state index contributed by atoms with van der Waals surface area (Å²) >= 11 is 0. The topological polar surface area (TPSA) is 107 Å². The van der Waals surface area contributed by atoms with Crippen LogP contribution in [0, 0.1) is 0 Å². The smallest absolute Gasteiger partial charge is 0.336 e. The summed E-state index contributed by atoms with van der Waals surface area (Å²) in [5.74, 6) is -1.48. The molecule has 17 heavy (non-hydrogen) atoms. The van der Waals surface area contributed by atoms with Gasteiger partial charge in [0.2, 0.25) is 0 Å². The third-order valence-electron chi connectivity index (χ3n) is 2.30. The maximum absolute atomic E-state index is 11.6. The van der Waals surface area contributed by atoms with Crippen LogP contribution in [0.5, 0.6) is 0 Å². The number of nitrogens with zero attached hydrogens (tertiary/aromatic N) is 1. The van der Waals surface area contributed by atoms with E-state index in [0.717, 1.165) is 17.6 Å². The summed E-state index contributed by atoms with van der Waals surface area (Å²) in [5, 5.41) is 18.0. The van der Waals surface area contributed by atoms with Crippen LogP contribution in [0.15, 0.2) is 0 Å². The van der Waals surface area contributed by atoms with Crippen molar-refractivity contribution in [2.75, 3.05) is 20.1 Å². The number of carboxylic acid groups (broad SMARTS) is 1. The number of hydrogen-bond acceptors (Lipinski definition) is 4. The molecule has 0 aromatic heterocycles. The molecule has 0 aromatic rings. The van der Waals surface area contributed by atoms with E-state index in [1.165, 1.54) is 7.05 Å². The Hall–Kier alpha value is -0.700. The van der Waals surface area contributed by atoms with E-state index in [2.05, 4.69) is 4.72 Å². The molecule has 0 aromatic carbocycles. The van der Waals surface area contributed by atoms with Crippen LogP contribution in [0.4, 0.5) is 0 Å². The molecule has 3 N–H and O–H groups in total. The third-order valence-corrected chi connectivity index (χ3v) is 3.81. The first kappa shape index (κ1) is 16.3. The zero-order chi connectivity index (χ0) is 13.7. The standard InChI is InChI=1S/C9H20N2O5S/c1-4-5-6-11(3)17(15,16)10-7-9(2,14)8(12)13/h10,14H,4-7H2,1-3H3,(H,12,13). The van der Waals surface area contributed by atoms with Crippen molar-refractivity contribution in [3.8, 4) is 0 Å². The van der Waals surface area contributed by atoms with E-state index in [0.29, 0.717) is 13.0 Å². The number of carbonyl (C=O) groups is 1. The van der Waals surface area contributed by atoms with Gasteiger partial charge in [0, 0.05) is 13.6 Å². The van der Waals surface area contributed by atoms with Gasteiger partial charge in [-0.05, 0) is 13.3 Å². The van der Waals surface area contributed by atoms with Crippen molar-refractivity contribution in [1.29, 1.82) is 0 Å². The molecule has 7 nitrogen and oxygen atoms in total. The highest BCUT2D eigenvalue weighted by Crippen LogP contribution is 2.04. The summed E-state index contributed by atoms with van der Waals surface area (Å²) in [4.78, 5) is 10.6. The maximum atomic E-state index is 11.6. The maximum Gasteiger partial charge on any atom is 0.336 e. The minimum Gasteiger partial charge on any atom is -0.479 e. The summed E-state index contributed by atoms with van der Waals surface area (Å²) in [6, 6.07) is 0. The van der Waals surface area contributed by atoms with Crippen LogP contribution >= 0.6 is 0 Å². The van der Waals surface area contributed by atoms with Gasteiger partial charge in [0.25, 0.3) is 10.2 Å². The molecule has 0 aliphatic heterocycles. The minimum atomic E-state index is -3.74. The van der Waals surface area contributed by atoms with Crippen LogP contribution in [0.3, 0.4) is 0 Å². The second-order valence-corrected chi connectivity index (χ2v) is 5.94. The van der Waals surface area contributed by atoms with Gasteiger partial charge in [-0.25, -0.2) is 4.79 Å². The third kappa shape index (κ3) is 5.44. The second-order valence-electron chi connectivity index (χ2n) is 4.08. The van der Waals surface area contributed by atoms with Crippen LogP contribution < -0.4 is 4.72 Å². The van der Waals surface area contributed by atoms with E-state index in [4.69, 9.17) is 5.11 Å². The van der Waals surface area contributed by atoms with Gasteiger partial charge in [-0.2, -0.15) is 17.4 Å². The molecule has 0 aliphatic rings. The Bertz CT molecular complexity index is 352. The van der Waals surface area contributed by atoms with E-state index in [9.17, 15) is 18.3 Å². The van der Waals surface area contributed by atoms with Crippen molar-refractivity contribution < 1.29 is 23.4 Å². The Morgan fingerprint density at radius 2 is 2.00 bits per heavy atom. The molecule has 0 saturated heterocycles. The molecule has 1 unspecified atom stereocenters. The van der Waals surface area contributed by atoms with Crippen molar-refractivity contribution in [3.63, 3.8) is 0 Å². The summed E-state index contributed by atoms with van der Waals surface area (Å²) in [7, 11) is -2.34. The molecule has 102 valence electrons. The normalized spacial score (nSPS) is 15.8. The molecule has 0 spiro atoms. The molecule has 8 heteroatoms. The number of rotatable bonds is 8. The molecule has 1 atom stereocenters. The lowest BCUT2D eigenvalue weighted by molar-refractivity contribution is -0.155. The Morgan fingerprint density at radius 1 is 1.47 bits per heavy atom. The average Bonchev–Trinajstić information content (AvgIpc) is 2.23.